The average molecular weight is 356 g/mol. The van der Waals surface area contributed by atoms with Gasteiger partial charge in [0.05, 0.1) is 23.4 Å². The van der Waals surface area contributed by atoms with Gasteiger partial charge < -0.3 is 10.1 Å². The highest BCUT2D eigenvalue weighted by molar-refractivity contribution is 7.09. The van der Waals surface area contributed by atoms with Gasteiger partial charge in [0.15, 0.2) is 0 Å². The van der Waals surface area contributed by atoms with E-state index in [1.165, 1.54) is 16.9 Å². The number of thiazole rings is 1. The Morgan fingerprint density at radius 2 is 2.12 bits per heavy atom. The van der Waals surface area contributed by atoms with Crippen molar-refractivity contribution in [1.82, 2.24) is 20.1 Å². The van der Waals surface area contributed by atoms with Crippen molar-refractivity contribution < 1.29 is 9.53 Å². The SMILES string of the molecule is COC[C@H](NC(=O)c1csc(Cc2ccccc2)n1)c1ccnn1C. The minimum Gasteiger partial charge on any atom is -0.382 e. The standard InChI is InChI=1S/C18H20N4O2S/c1-22-16(8-9-19-22)14(11-24-2)21-18(23)15-12-25-17(20-15)10-13-6-4-3-5-7-13/h3-9,12,14H,10-11H2,1-2H3,(H,21,23)/t14-/m0/s1. The summed E-state index contributed by atoms with van der Waals surface area (Å²) in [6.07, 6.45) is 2.42. The van der Waals surface area contributed by atoms with E-state index in [4.69, 9.17) is 4.74 Å². The van der Waals surface area contributed by atoms with Crippen molar-refractivity contribution >= 4 is 17.2 Å². The Hall–Kier alpha value is -2.51. The van der Waals surface area contributed by atoms with Crippen LogP contribution < -0.4 is 5.32 Å². The number of aryl methyl sites for hydroxylation is 1. The van der Waals surface area contributed by atoms with Crippen LogP contribution in [0.4, 0.5) is 0 Å². The number of nitrogens with zero attached hydrogens (tertiary/aromatic N) is 3. The van der Waals surface area contributed by atoms with Crippen molar-refractivity contribution in [3.63, 3.8) is 0 Å². The largest absolute Gasteiger partial charge is 0.382 e. The van der Waals surface area contributed by atoms with Gasteiger partial charge in [-0.3, -0.25) is 9.48 Å². The molecule has 0 aliphatic carbocycles. The maximum absolute atomic E-state index is 12.6. The molecule has 0 aliphatic rings. The molecular formula is C18H20N4O2S. The fourth-order valence-electron chi connectivity index (χ4n) is 2.59. The summed E-state index contributed by atoms with van der Waals surface area (Å²) in [4.78, 5) is 17.0. The van der Waals surface area contributed by atoms with Crippen LogP contribution in [0.3, 0.4) is 0 Å². The molecule has 7 heteroatoms. The second-order valence-electron chi connectivity index (χ2n) is 5.65. The number of methoxy groups -OCH3 is 1. The number of rotatable bonds is 7. The molecule has 130 valence electrons. The lowest BCUT2D eigenvalue weighted by molar-refractivity contribution is 0.0888. The maximum atomic E-state index is 12.6. The van der Waals surface area contributed by atoms with Crippen molar-refractivity contribution in [2.45, 2.75) is 12.5 Å². The van der Waals surface area contributed by atoms with Gasteiger partial charge in [-0.2, -0.15) is 5.10 Å². The van der Waals surface area contributed by atoms with E-state index < -0.39 is 0 Å². The van der Waals surface area contributed by atoms with Gasteiger partial charge in [0.1, 0.15) is 5.69 Å². The second kappa shape index (κ2) is 8.04. The number of carbonyl (C=O) groups is 1. The summed E-state index contributed by atoms with van der Waals surface area (Å²) in [7, 11) is 3.45. The molecule has 0 saturated heterocycles. The Balaban J connectivity index is 1.69. The van der Waals surface area contributed by atoms with Crippen LogP contribution in [0.25, 0.3) is 0 Å². The summed E-state index contributed by atoms with van der Waals surface area (Å²) in [5, 5.41) is 9.83. The quantitative estimate of drug-likeness (QED) is 0.706. The molecule has 1 amide bonds. The van der Waals surface area contributed by atoms with Crippen LogP contribution in [-0.2, 0) is 18.2 Å². The third-order valence-corrected chi connectivity index (χ3v) is 4.69. The van der Waals surface area contributed by atoms with Crippen molar-refractivity contribution in [2.75, 3.05) is 13.7 Å². The van der Waals surface area contributed by atoms with E-state index >= 15 is 0 Å². The molecule has 3 rings (SSSR count). The van der Waals surface area contributed by atoms with Crippen molar-refractivity contribution in [3.05, 3.63) is 69.9 Å². The van der Waals surface area contributed by atoms with Crippen LogP contribution in [0, 0.1) is 0 Å². The highest BCUT2D eigenvalue weighted by Crippen LogP contribution is 2.17. The summed E-state index contributed by atoms with van der Waals surface area (Å²) >= 11 is 1.49. The number of nitrogens with one attached hydrogen (secondary N) is 1. The molecule has 3 aromatic rings. The van der Waals surface area contributed by atoms with Crippen molar-refractivity contribution in [3.8, 4) is 0 Å². The van der Waals surface area contributed by atoms with Gasteiger partial charge in [0.2, 0.25) is 0 Å². The summed E-state index contributed by atoms with van der Waals surface area (Å²) < 4.78 is 6.96. The van der Waals surface area contributed by atoms with Gasteiger partial charge in [-0.1, -0.05) is 30.3 Å². The van der Waals surface area contributed by atoms with Crippen LogP contribution in [0.5, 0.6) is 0 Å². The molecule has 0 aliphatic heterocycles. The Labute approximate surface area is 150 Å². The number of hydrogen-bond acceptors (Lipinski definition) is 5. The zero-order valence-electron chi connectivity index (χ0n) is 14.2. The molecular weight excluding hydrogens is 336 g/mol. The number of ether oxygens (including phenoxy) is 1. The summed E-state index contributed by atoms with van der Waals surface area (Å²) in [6, 6.07) is 11.7. The van der Waals surface area contributed by atoms with E-state index in [-0.39, 0.29) is 11.9 Å². The molecule has 1 N–H and O–H groups in total. The summed E-state index contributed by atoms with van der Waals surface area (Å²) in [5.41, 5.74) is 2.49. The second-order valence-corrected chi connectivity index (χ2v) is 6.59. The first kappa shape index (κ1) is 17.3. The van der Waals surface area contributed by atoms with Gasteiger partial charge in [-0.05, 0) is 11.6 Å². The van der Waals surface area contributed by atoms with E-state index in [9.17, 15) is 4.79 Å². The molecule has 0 spiro atoms. The van der Waals surface area contributed by atoms with Gasteiger partial charge in [-0.25, -0.2) is 4.98 Å². The Morgan fingerprint density at radius 3 is 2.80 bits per heavy atom. The summed E-state index contributed by atoms with van der Waals surface area (Å²) in [6.45, 7) is 0.367. The molecule has 2 aromatic heterocycles. The first-order chi connectivity index (χ1) is 12.2. The number of amides is 1. The molecule has 0 unspecified atom stereocenters. The molecule has 2 heterocycles. The molecule has 0 bridgehead atoms. The molecule has 0 saturated carbocycles. The van der Waals surface area contributed by atoms with Crippen LogP contribution in [0.1, 0.15) is 32.8 Å². The first-order valence-electron chi connectivity index (χ1n) is 7.93. The topological polar surface area (TPSA) is 69.0 Å². The highest BCUT2D eigenvalue weighted by atomic mass is 32.1. The first-order valence-corrected chi connectivity index (χ1v) is 8.81. The molecule has 6 nitrogen and oxygen atoms in total. The number of carbonyl (C=O) groups excluding carboxylic acids is 1. The van der Waals surface area contributed by atoms with E-state index in [1.54, 1.807) is 23.4 Å². The normalized spacial score (nSPS) is 12.1. The van der Waals surface area contributed by atoms with E-state index in [0.717, 1.165) is 17.1 Å². The number of aromatic nitrogens is 3. The lowest BCUT2D eigenvalue weighted by Gasteiger charge is -2.17. The number of benzene rings is 1. The fraction of sp³-hybridized carbons (Fsp3) is 0.278. The summed E-state index contributed by atoms with van der Waals surface area (Å²) in [5.74, 6) is -0.209. The van der Waals surface area contributed by atoms with Crippen molar-refractivity contribution in [2.24, 2.45) is 7.05 Å². The number of hydrogen-bond donors (Lipinski definition) is 1. The van der Waals surface area contributed by atoms with Gasteiger partial charge in [-0.15, -0.1) is 11.3 Å². The van der Waals surface area contributed by atoms with E-state index in [2.05, 4.69) is 27.5 Å². The third kappa shape index (κ3) is 4.32. The zero-order chi connectivity index (χ0) is 17.6. The predicted molar refractivity (Wildman–Crippen MR) is 96.7 cm³/mol. The maximum Gasteiger partial charge on any atom is 0.271 e. The zero-order valence-corrected chi connectivity index (χ0v) is 15.0. The van der Waals surface area contributed by atoms with Crippen molar-refractivity contribution in [1.29, 1.82) is 0 Å². The van der Waals surface area contributed by atoms with Gasteiger partial charge >= 0.3 is 0 Å². The Morgan fingerprint density at radius 1 is 1.32 bits per heavy atom. The molecule has 25 heavy (non-hydrogen) atoms. The van der Waals surface area contributed by atoms with Gasteiger partial charge in [0.25, 0.3) is 5.91 Å². The Kier molecular flexibility index (Phi) is 5.57. The van der Waals surface area contributed by atoms with E-state index in [0.29, 0.717) is 12.3 Å². The minimum absolute atomic E-state index is 0.209. The van der Waals surface area contributed by atoms with Crippen LogP contribution in [-0.4, -0.2) is 34.4 Å². The van der Waals surface area contributed by atoms with Crippen LogP contribution in [0.15, 0.2) is 48.0 Å². The minimum atomic E-state index is -0.274. The molecule has 1 aromatic carbocycles. The monoisotopic (exact) mass is 356 g/mol. The molecule has 1 atom stereocenters. The average Bonchev–Trinajstić information content (AvgIpc) is 3.24. The third-order valence-electron chi connectivity index (χ3n) is 3.84. The lowest BCUT2D eigenvalue weighted by Crippen LogP contribution is -2.32. The molecule has 0 radical (unpaired) electrons. The van der Waals surface area contributed by atoms with Crippen LogP contribution in [0.2, 0.25) is 0 Å². The van der Waals surface area contributed by atoms with E-state index in [1.807, 2.05) is 31.3 Å². The predicted octanol–water partition coefficient (Wildman–Crippen LogP) is 2.58. The van der Waals surface area contributed by atoms with Gasteiger partial charge in [0, 0.05) is 32.2 Å². The Bertz CT molecular complexity index is 828. The highest BCUT2D eigenvalue weighted by Gasteiger charge is 2.20. The smallest absolute Gasteiger partial charge is 0.271 e. The molecule has 0 fully saturated rings. The lowest BCUT2D eigenvalue weighted by atomic mass is 10.2. The fourth-order valence-corrected chi connectivity index (χ4v) is 3.40. The van der Waals surface area contributed by atoms with Crippen LogP contribution >= 0.6 is 11.3 Å².